The molecule has 4 aromatic rings. The summed E-state index contributed by atoms with van der Waals surface area (Å²) in [7, 11) is 0. The van der Waals surface area contributed by atoms with Gasteiger partial charge in [-0.1, -0.05) is 59.6 Å². The summed E-state index contributed by atoms with van der Waals surface area (Å²) in [5.41, 5.74) is 3.48. The third-order valence-corrected chi connectivity index (χ3v) is 5.09. The van der Waals surface area contributed by atoms with Crippen molar-refractivity contribution in [3.8, 4) is 11.3 Å². The molecule has 3 nitrogen and oxygen atoms in total. The van der Waals surface area contributed by atoms with Crippen LogP contribution in [0, 0.1) is 0 Å². The van der Waals surface area contributed by atoms with Gasteiger partial charge in [0.25, 0.3) is 0 Å². The Bertz CT molecular complexity index is 1200. The van der Waals surface area contributed by atoms with E-state index in [0.29, 0.717) is 39.9 Å². The highest BCUT2D eigenvalue weighted by molar-refractivity contribution is 6.35. The number of benzene rings is 3. The van der Waals surface area contributed by atoms with Gasteiger partial charge in [0.05, 0.1) is 5.39 Å². The van der Waals surface area contributed by atoms with Crippen LogP contribution >= 0.6 is 23.2 Å². The van der Waals surface area contributed by atoms with E-state index in [1.807, 2.05) is 54.6 Å². The van der Waals surface area contributed by atoms with Crippen LogP contribution in [0.15, 0.2) is 82.0 Å². The molecule has 28 heavy (non-hydrogen) atoms. The standard InChI is InChI=1S/C23H17Cl2NO2/c24-18-9-8-17(20(25)11-18)14-26-13-15-4-3-5-16(10-15)23-12-21(27)19-6-1-2-7-22(19)28-23/h1-12,26H,13-14H2. The molecule has 0 radical (unpaired) electrons. The van der Waals surface area contributed by atoms with Gasteiger partial charge in [-0.05, 0) is 41.5 Å². The molecule has 0 bridgehead atoms. The van der Waals surface area contributed by atoms with Crippen molar-refractivity contribution in [1.29, 1.82) is 0 Å². The van der Waals surface area contributed by atoms with Gasteiger partial charge in [0.2, 0.25) is 0 Å². The number of hydrogen-bond acceptors (Lipinski definition) is 3. The van der Waals surface area contributed by atoms with Crippen LogP contribution in [0.25, 0.3) is 22.3 Å². The van der Waals surface area contributed by atoms with E-state index in [0.717, 1.165) is 16.7 Å². The minimum Gasteiger partial charge on any atom is -0.456 e. The van der Waals surface area contributed by atoms with Gasteiger partial charge in [0.1, 0.15) is 11.3 Å². The fourth-order valence-corrected chi connectivity index (χ4v) is 3.56. The van der Waals surface area contributed by atoms with Gasteiger partial charge in [-0.3, -0.25) is 4.79 Å². The minimum atomic E-state index is -0.0437. The second kappa shape index (κ2) is 8.19. The van der Waals surface area contributed by atoms with Crippen molar-refractivity contribution >= 4 is 34.2 Å². The van der Waals surface area contributed by atoms with E-state index in [9.17, 15) is 4.79 Å². The van der Waals surface area contributed by atoms with Crippen LogP contribution < -0.4 is 10.7 Å². The lowest BCUT2D eigenvalue weighted by Gasteiger charge is -2.09. The summed E-state index contributed by atoms with van der Waals surface area (Å²) in [4.78, 5) is 12.3. The molecule has 0 atom stereocenters. The van der Waals surface area contributed by atoms with E-state index in [2.05, 4.69) is 5.32 Å². The maximum atomic E-state index is 12.3. The van der Waals surface area contributed by atoms with Gasteiger partial charge in [0.15, 0.2) is 5.43 Å². The Labute approximate surface area is 172 Å². The van der Waals surface area contributed by atoms with Crippen molar-refractivity contribution in [1.82, 2.24) is 5.32 Å². The van der Waals surface area contributed by atoms with Gasteiger partial charge in [-0.2, -0.15) is 0 Å². The first-order valence-corrected chi connectivity index (χ1v) is 9.62. The van der Waals surface area contributed by atoms with Gasteiger partial charge in [-0.15, -0.1) is 0 Å². The third-order valence-electron chi connectivity index (χ3n) is 4.51. The van der Waals surface area contributed by atoms with Gasteiger partial charge >= 0.3 is 0 Å². The summed E-state index contributed by atoms with van der Waals surface area (Å²) in [5, 5.41) is 5.23. The average Bonchev–Trinajstić information content (AvgIpc) is 2.70. The summed E-state index contributed by atoms with van der Waals surface area (Å²) < 4.78 is 5.93. The smallest absolute Gasteiger partial charge is 0.193 e. The molecule has 0 unspecified atom stereocenters. The first kappa shape index (κ1) is 18.8. The molecule has 0 aliphatic heterocycles. The van der Waals surface area contributed by atoms with Crippen LogP contribution in [0.5, 0.6) is 0 Å². The van der Waals surface area contributed by atoms with E-state index in [1.54, 1.807) is 18.2 Å². The molecule has 5 heteroatoms. The van der Waals surface area contributed by atoms with E-state index in [-0.39, 0.29) is 5.43 Å². The Balaban J connectivity index is 1.52. The maximum Gasteiger partial charge on any atom is 0.193 e. The summed E-state index contributed by atoms with van der Waals surface area (Å²) in [5.74, 6) is 0.561. The SMILES string of the molecule is O=c1cc(-c2cccc(CNCc3ccc(Cl)cc3Cl)c2)oc2ccccc12. The summed E-state index contributed by atoms with van der Waals surface area (Å²) in [6, 6.07) is 22.2. The number of rotatable bonds is 5. The molecule has 0 saturated carbocycles. The van der Waals surface area contributed by atoms with E-state index in [1.165, 1.54) is 0 Å². The number of halogens is 2. The molecular formula is C23H17Cl2NO2. The highest BCUT2D eigenvalue weighted by atomic mass is 35.5. The topological polar surface area (TPSA) is 42.2 Å². The van der Waals surface area contributed by atoms with Crippen molar-refractivity contribution < 1.29 is 4.42 Å². The van der Waals surface area contributed by atoms with Crippen LogP contribution in [-0.4, -0.2) is 0 Å². The lowest BCUT2D eigenvalue weighted by Crippen LogP contribution is -2.13. The van der Waals surface area contributed by atoms with Crippen molar-refractivity contribution in [2.24, 2.45) is 0 Å². The zero-order valence-electron chi connectivity index (χ0n) is 14.9. The predicted octanol–water partition coefficient (Wildman–Crippen LogP) is 6.06. The normalized spacial score (nSPS) is 11.1. The number of para-hydroxylation sites is 1. The second-order valence-corrected chi connectivity index (χ2v) is 7.35. The van der Waals surface area contributed by atoms with Gasteiger partial charge < -0.3 is 9.73 Å². The molecule has 0 spiro atoms. The quantitative estimate of drug-likeness (QED) is 0.435. The molecule has 1 N–H and O–H groups in total. The lowest BCUT2D eigenvalue weighted by atomic mass is 10.1. The number of fused-ring (bicyclic) bond motifs is 1. The van der Waals surface area contributed by atoms with Crippen LogP contribution in [0.3, 0.4) is 0 Å². The van der Waals surface area contributed by atoms with Gasteiger partial charge in [0, 0.05) is 34.8 Å². The van der Waals surface area contributed by atoms with E-state index in [4.69, 9.17) is 27.6 Å². The average molecular weight is 410 g/mol. The Kier molecular flexibility index (Phi) is 5.49. The highest BCUT2D eigenvalue weighted by Gasteiger charge is 2.07. The Morgan fingerprint density at radius 3 is 2.57 bits per heavy atom. The van der Waals surface area contributed by atoms with Crippen LogP contribution in [0.4, 0.5) is 0 Å². The second-order valence-electron chi connectivity index (χ2n) is 6.51. The summed E-state index contributed by atoms with van der Waals surface area (Å²) in [6.07, 6.45) is 0. The first-order valence-electron chi connectivity index (χ1n) is 8.87. The summed E-state index contributed by atoms with van der Waals surface area (Å²) >= 11 is 12.1. The molecule has 4 rings (SSSR count). The molecule has 0 amide bonds. The molecule has 3 aromatic carbocycles. The molecule has 1 heterocycles. The minimum absolute atomic E-state index is 0.0437. The van der Waals surface area contributed by atoms with E-state index >= 15 is 0 Å². The lowest BCUT2D eigenvalue weighted by molar-refractivity contribution is 0.618. The molecule has 0 fully saturated rings. The van der Waals surface area contributed by atoms with Crippen LogP contribution in [0.2, 0.25) is 10.0 Å². The Morgan fingerprint density at radius 2 is 1.71 bits per heavy atom. The molecule has 0 saturated heterocycles. The molecule has 0 aliphatic rings. The van der Waals surface area contributed by atoms with Crippen molar-refractivity contribution in [3.63, 3.8) is 0 Å². The zero-order valence-corrected chi connectivity index (χ0v) is 16.4. The zero-order chi connectivity index (χ0) is 19.5. The maximum absolute atomic E-state index is 12.3. The monoisotopic (exact) mass is 409 g/mol. The molecule has 0 aliphatic carbocycles. The number of hydrogen-bond donors (Lipinski definition) is 1. The van der Waals surface area contributed by atoms with Crippen LogP contribution in [0.1, 0.15) is 11.1 Å². The Hall–Kier alpha value is -2.59. The molecule has 1 aromatic heterocycles. The largest absolute Gasteiger partial charge is 0.456 e. The first-order chi connectivity index (χ1) is 13.6. The van der Waals surface area contributed by atoms with Crippen LogP contribution in [-0.2, 0) is 13.1 Å². The van der Waals surface area contributed by atoms with Crippen molar-refractivity contribution in [2.75, 3.05) is 0 Å². The number of nitrogens with one attached hydrogen (secondary N) is 1. The van der Waals surface area contributed by atoms with Crippen molar-refractivity contribution in [3.05, 3.63) is 104 Å². The third kappa shape index (κ3) is 4.12. The Morgan fingerprint density at radius 1 is 0.857 bits per heavy atom. The van der Waals surface area contributed by atoms with Crippen molar-refractivity contribution in [2.45, 2.75) is 13.1 Å². The fourth-order valence-electron chi connectivity index (χ4n) is 3.09. The predicted molar refractivity (Wildman–Crippen MR) is 115 cm³/mol. The molecule has 140 valence electrons. The van der Waals surface area contributed by atoms with E-state index < -0.39 is 0 Å². The highest BCUT2D eigenvalue weighted by Crippen LogP contribution is 2.24. The molecular weight excluding hydrogens is 393 g/mol. The summed E-state index contributed by atoms with van der Waals surface area (Å²) in [6.45, 7) is 1.29. The fraction of sp³-hybridized carbons (Fsp3) is 0.0870. The van der Waals surface area contributed by atoms with Gasteiger partial charge in [-0.25, -0.2) is 0 Å².